The van der Waals surface area contributed by atoms with Crippen molar-refractivity contribution in [1.82, 2.24) is 25.4 Å². The molecule has 1 aromatic carbocycles. The van der Waals surface area contributed by atoms with E-state index >= 15 is 0 Å². The quantitative estimate of drug-likeness (QED) is 0.0433. The number of carbonyl (C=O) groups excluding carboxylic acids is 3. The molecule has 1 amide bonds. The number of ketones is 1. The first-order valence-electron chi connectivity index (χ1n) is 27.2. The Labute approximate surface area is 438 Å². The van der Waals surface area contributed by atoms with Gasteiger partial charge in [0.05, 0.1) is 53.8 Å². The number of unbranched alkanes of at least 4 members (excludes halogenated alkanes) is 6. The summed E-state index contributed by atoms with van der Waals surface area (Å²) >= 11 is 0. The zero-order valence-corrected chi connectivity index (χ0v) is 46.1. The van der Waals surface area contributed by atoms with Crippen molar-refractivity contribution in [3.8, 4) is 11.3 Å². The highest BCUT2D eigenvalue weighted by Gasteiger charge is 2.70. The van der Waals surface area contributed by atoms with Gasteiger partial charge in [0.25, 0.3) is 0 Å². The van der Waals surface area contributed by atoms with Crippen molar-refractivity contribution >= 4 is 17.7 Å². The van der Waals surface area contributed by atoms with Gasteiger partial charge in [-0.3, -0.25) is 29.2 Å². The number of aliphatic hydroxyl groups is 3. The van der Waals surface area contributed by atoms with Gasteiger partial charge in [-0.15, -0.1) is 5.10 Å². The molecular weight excluding hydrogens is 955 g/mol. The first kappa shape index (κ1) is 59.8. The Kier molecular flexibility index (Phi) is 20.8. The molecule has 4 fully saturated rings. The van der Waals surface area contributed by atoms with Crippen molar-refractivity contribution in [1.29, 1.82) is 0 Å². The number of fused-ring (bicyclic) bond motifs is 1. The first-order valence-corrected chi connectivity index (χ1v) is 27.2. The highest BCUT2D eigenvalue weighted by atomic mass is 16.7. The Bertz CT molecular complexity index is 2130. The van der Waals surface area contributed by atoms with Crippen LogP contribution in [0.4, 0.5) is 0 Å². The largest absolute Gasteiger partial charge is 0.458 e. The monoisotopic (exact) mass is 1040 g/mol. The zero-order valence-electron chi connectivity index (χ0n) is 46.1. The molecule has 418 valence electrons. The summed E-state index contributed by atoms with van der Waals surface area (Å²) in [4.78, 5) is 42.0. The highest BCUT2D eigenvalue weighted by Crippen LogP contribution is 2.52. The maximum absolute atomic E-state index is 14.4. The maximum atomic E-state index is 14.4. The van der Waals surface area contributed by atoms with Crippen molar-refractivity contribution < 1.29 is 68.1 Å². The molecule has 3 saturated heterocycles. The van der Waals surface area contributed by atoms with Crippen LogP contribution in [0.15, 0.2) is 30.5 Å². The van der Waals surface area contributed by atoms with Crippen LogP contribution in [0.25, 0.3) is 11.3 Å². The Morgan fingerprint density at radius 3 is 2.14 bits per heavy atom. The van der Waals surface area contributed by atoms with Gasteiger partial charge < -0.3 is 48.5 Å². The maximum Gasteiger partial charge on any atom is 0.311 e. The number of rotatable bonds is 20. The molecule has 1 aromatic heterocycles. The van der Waals surface area contributed by atoms with E-state index in [4.69, 9.17) is 38.4 Å². The lowest BCUT2D eigenvalue weighted by Gasteiger charge is -2.49. The number of aromatic nitrogens is 3. The molecule has 2 aromatic rings. The number of ether oxygens (including phenoxy) is 7. The Hall–Kier alpha value is -3.47. The lowest BCUT2D eigenvalue weighted by Crippen LogP contribution is -2.59. The van der Waals surface area contributed by atoms with Crippen molar-refractivity contribution in [2.75, 3.05) is 21.3 Å². The fourth-order valence-corrected chi connectivity index (χ4v) is 11.9. The van der Waals surface area contributed by atoms with Crippen LogP contribution >= 0.6 is 0 Å². The van der Waals surface area contributed by atoms with E-state index in [9.17, 15) is 29.7 Å². The SMILES string of the molecule is CO[C@]1(C)CC(O[C@@H]2[C@H](C)[C@@H](OC3C[C@@H](N(C)Cc4ccc(-c5cn(CCCCCCCCCC(=O)NO)nn5)cc4)C[C@@H](C)O3)[C@@](C)(OC)C[C@@H](C)C(=O)[C@H](C)[C@@H](O)[C@@]3(O)C(C)C3OC(=O)[C@@H]2C)O[C@@H](C)[C@@H]1O. The third-order valence-electron chi connectivity index (χ3n) is 17.1. The molecule has 1 aliphatic carbocycles. The number of Topliss-reactive ketones (excluding diaryl/α,β-unsaturated/α-hetero) is 1. The first-order chi connectivity index (χ1) is 35.0. The van der Waals surface area contributed by atoms with Crippen molar-refractivity contribution in [2.45, 2.75) is 231 Å². The van der Waals surface area contributed by atoms with Gasteiger partial charge in [0.1, 0.15) is 29.3 Å². The minimum atomic E-state index is -1.81. The van der Waals surface area contributed by atoms with Gasteiger partial charge in [0.15, 0.2) is 12.6 Å². The van der Waals surface area contributed by atoms with Crippen LogP contribution in [-0.4, -0.2) is 158 Å². The van der Waals surface area contributed by atoms with Gasteiger partial charge in [0, 0.05) is 81.8 Å². The second kappa shape index (κ2) is 25.8. The van der Waals surface area contributed by atoms with Gasteiger partial charge >= 0.3 is 5.97 Å². The number of amides is 1. The van der Waals surface area contributed by atoms with E-state index in [1.165, 1.54) is 7.11 Å². The van der Waals surface area contributed by atoms with E-state index in [0.717, 1.165) is 74.7 Å². The predicted molar refractivity (Wildman–Crippen MR) is 273 cm³/mol. The summed E-state index contributed by atoms with van der Waals surface area (Å²) in [5, 5.41) is 51.8. The molecule has 4 heterocycles. The van der Waals surface area contributed by atoms with E-state index in [1.807, 2.05) is 31.6 Å². The van der Waals surface area contributed by atoms with Crippen molar-refractivity contribution in [2.24, 2.45) is 29.6 Å². The summed E-state index contributed by atoms with van der Waals surface area (Å²) in [6, 6.07) is 8.43. The van der Waals surface area contributed by atoms with Crippen LogP contribution in [-0.2, 0) is 60.6 Å². The number of hydrogen-bond donors (Lipinski definition) is 5. The van der Waals surface area contributed by atoms with Crippen LogP contribution in [0.5, 0.6) is 0 Å². The van der Waals surface area contributed by atoms with Crippen LogP contribution in [0.2, 0.25) is 0 Å². The minimum Gasteiger partial charge on any atom is -0.458 e. The predicted octanol–water partition coefficient (Wildman–Crippen LogP) is 6.14. The molecule has 5 N–H and O–H groups in total. The Balaban J connectivity index is 1.16. The topological polar surface area (TPSA) is 243 Å². The van der Waals surface area contributed by atoms with E-state index < -0.39 is 102 Å². The average molecular weight is 1040 g/mol. The normalized spacial score (nSPS) is 38.3. The van der Waals surface area contributed by atoms with E-state index in [-0.39, 0.29) is 36.7 Å². The number of nitrogens with zero attached hydrogens (tertiary/aromatic N) is 4. The summed E-state index contributed by atoms with van der Waals surface area (Å²) in [5.41, 5.74) is 0.563. The smallest absolute Gasteiger partial charge is 0.311 e. The number of esters is 1. The number of carbonyl (C=O) groups is 3. The van der Waals surface area contributed by atoms with Gasteiger partial charge in [0.2, 0.25) is 5.91 Å². The number of benzene rings is 1. The summed E-state index contributed by atoms with van der Waals surface area (Å²) in [6.07, 6.45) is 3.23. The molecule has 0 radical (unpaired) electrons. The van der Waals surface area contributed by atoms with E-state index in [1.54, 1.807) is 54.1 Å². The number of hydrogen-bond acceptors (Lipinski definition) is 17. The van der Waals surface area contributed by atoms with Crippen molar-refractivity contribution in [3.05, 3.63) is 36.0 Å². The molecule has 1 saturated carbocycles. The van der Waals surface area contributed by atoms with Crippen LogP contribution in [0, 0.1) is 29.6 Å². The number of methoxy groups -OCH3 is 2. The third kappa shape index (κ3) is 14.0. The summed E-state index contributed by atoms with van der Waals surface area (Å²) in [6.45, 7) is 17.6. The fraction of sp³-hybridized carbons (Fsp3) is 0.800. The second-order valence-corrected chi connectivity index (χ2v) is 22.8. The molecule has 74 heavy (non-hydrogen) atoms. The van der Waals surface area contributed by atoms with E-state index in [2.05, 4.69) is 46.5 Å². The van der Waals surface area contributed by atoms with Gasteiger partial charge in [-0.25, -0.2) is 5.48 Å². The molecule has 18 atom stereocenters. The Morgan fingerprint density at radius 1 is 0.838 bits per heavy atom. The standard InChI is InChI=1S/C55H89N5O14/c1-32-28-54(9,69-12)50(35(4)47(72-45-29-53(8,68-11)49(64)38(7)71-45)36(5)52(65)74-51-37(6)55(51,66)48(63)34(3)46(32)62)73-44-27-41(26-33(2)70-44)59(10)30-39-21-23-40(24-22-39)42-31-60(58-56-42)25-19-17-15-13-14-16-18-20-43(61)57-67/h21-24,31-38,41,44-45,47-51,63-64,66-67H,13-20,25-30H2,1-12H3,(H,57,61)/t32-,33-,34+,35+,36-,37?,38+,41+,44?,45?,47-,48-,49+,50-,51?,53-,54+,55+/m1/s1. The molecule has 4 aliphatic rings. The summed E-state index contributed by atoms with van der Waals surface area (Å²) in [7, 11) is 5.19. The Morgan fingerprint density at radius 2 is 1.49 bits per heavy atom. The molecule has 0 bridgehead atoms. The lowest BCUT2D eigenvalue weighted by atomic mass is 9.75. The third-order valence-corrected chi connectivity index (χ3v) is 17.1. The van der Waals surface area contributed by atoms with Gasteiger partial charge in [-0.2, -0.15) is 0 Å². The molecule has 0 spiro atoms. The molecule has 4 unspecified atom stereocenters. The van der Waals surface area contributed by atoms with Crippen LogP contribution < -0.4 is 5.48 Å². The minimum absolute atomic E-state index is 0.0457. The summed E-state index contributed by atoms with van der Waals surface area (Å²) < 4.78 is 47.1. The van der Waals surface area contributed by atoms with Gasteiger partial charge in [-0.05, 0) is 72.9 Å². The molecule has 6 rings (SSSR count). The zero-order chi connectivity index (χ0) is 54.3. The molecule has 3 aliphatic heterocycles. The van der Waals surface area contributed by atoms with Crippen LogP contribution in [0.1, 0.15) is 145 Å². The summed E-state index contributed by atoms with van der Waals surface area (Å²) in [5.74, 6) is -5.15. The second-order valence-electron chi connectivity index (χ2n) is 22.8. The lowest BCUT2D eigenvalue weighted by molar-refractivity contribution is -0.309. The number of aryl methyl sites for hydroxylation is 1. The highest BCUT2D eigenvalue weighted by molar-refractivity contribution is 5.84. The van der Waals surface area contributed by atoms with Crippen LogP contribution in [0.3, 0.4) is 0 Å². The molecule has 19 heteroatoms. The van der Waals surface area contributed by atoms with Gasteiger partial charge in [-0.1, -0.05) is 89.3 Å². The average Bonchev–Trinajstić information content (AvgIpc) is 3.63. The number of hydroxylamine groups is 1. The fourth-order valence-electron chi connectivity index (χ4n) is 11.9. The van der Waals surface area contributed by atoms with E-state index in [0.29, 0.717) is 19.4 Å². The van der Waals surface area contributed by atoms with Crippen molar-refractivity contribution in [3.63, 3.8) is 0 Å². The number of nitrogens with one attached hydrogen (secondary N) is 1. The molecule has 19 nitrogen and oxygen atoms in total. The molecular formula is C55H89N5O14. The number of aliphatic hydroxyl groups excluding tert-OH is 2.